The number of nitrogens with zero attached hydrogens (tertiary/aromatic N) is 2. The average Bonchev–Trinajstić information content (AvgIpc) is 3.22. The van der Waals surface area contributed by atoms with E-state index >= 15 is 0 Å². The van der Waals surface area contributed by atoms with Gasteiger partial charge in [0.05, 0.1) is 24.7 Å². The zero-order valence-corrected chi connectivity index (χ0v) is 25.5. The van der Waals surface area contributed by atoms with Crippen molar-refractivity contribution in [3.8, 4) is 0 Å². The van der Waals surface area contributed by atoms with Gasteiger partial charge < -0.3 is 30.9 Å². The Kier molecular flexibility index (Phi) is 12.2. The molecule has 0 aliphatic carbocycles. The second-order valence-electron chi connectivity index (χ2n) is 12.1. The predicted molar refractivity (Wildman–Crippen MR) is 160 cm³/mol. The van der Waals surface area contributed by atoms with Gasteiger partial charge in [0, 0.05) is 37.8 Å². The van der Waals surface area contributed by atoms with Crippen molar-refractivity contribution in [2.75, 3.05) is 19.6 Å². The first-order valence-electron chi connectivity index (χ1n) is 14.1. The molecule has 12 nitrogen and oxygen atoms in total. The topological polar surface area (TPSA) is 162 Å². The van der Waals surface area contributed by atoms with Gasteiger partial charge in [0.1, 0.15) is 6.23 Å². The lowest BCUT2D eigenvalue weighted by Crippen LogP contribution is -2.62. The van der Waals surface area contributed by atoms with Crippen molar-refractivity contribution in [1.82, 2.24) is 30.7 Å². The number of pyridine rings is 1. The summed E-state index contributed by atoms with van der Waals surface area (Å²) in [6.45, 7) is 18.8. The zero-order chi connectivity index (χ0) is 31.8. The molecule has 1 aromatic heterocycles. The second-order valence-corrected chi connectivity index (χ2v) is 12.1. The molecule has 1 fully saturated rings. The lowest BCUT2D eigenvalue weighted by molar-refractivity contribution is -0.139. The fourth-order valence-electron chi connectivity index (χ4n) is 4.77. The van der Waals surface area contributed by atoms with E-state index in [0.717, 1.165) is 0 Å². The quantitative estimate of drug-likeness (QED) is 0.168. The molecule has 12 heteroatoms. The summed E-state index contributed by atoms with van der Waals surface area (Å²) in [6.07, 6.45) is 1.80. The Balaban J connectivity index is 2.19. The van der Waals surface area contributed by atoms with Crippen LogP contribution in [0.25, 0.3) is 0 Å². The van der Waals surface area contributed by atoms with Crippen LogP contribution < -0.4 is 26.8 Å². The molecule has 4 amide bonds. The lowest BCUT2D eigenvalue weighted by atomic mass is 9.85. The number of aliphatic hydroxyl groups excluding tert-OH is 1. The molecule has 1 saturated heterocycles. The first-order chi connectivity index (χ1) is 19.6. The van der Waals surface area contributed by atoms with Crippen molar-refractivity contribution in [2.45, 2.75) is 72.4 Å². The summed E-state index contributed by atoms with van der Waals surface area (Å²) in [5.41, 5.74) is -0.122. The number of hydrogen-bond acceptors (Lipinski definition) is 7. The Labute approximate surface area is 247 Å². The van der Waals surface area contributed by atoms with E-state index in [1.165, 1.54) is 16.7 Å². The number of carbonyl (C=O) groups is 4. The monoisotopic (exact) mass is 586 g/mol. The van der Waals surface area contributed by atoms with Crippen LogP contribution in [0.1, 0.15) is 41.5 Å². The van der Waals surface area contributed by atoms with Gasteiger partial charge in [-0.15, -0.1) is 6.58 Å². The molecule has 0 bridgehead atoms. The number of Topliss-reactive ketones (excluding diaryl/α,β-unsaturated/α-hetero) is 1. The number of likely N-dealkylation sites (tertiary alicyclic amines) is 1. The van der Waals surface area contributed by atoms with Crippen molar-refractivity contribution in [3.63, 3.8) is 0 Å². The maximum atomic E-state index is 13.3. The smallest absolute Gasteiger partial charge is 0.315 e. The van der Waals surface area contributed by atoms with Crippen molar-refractivity contribution in [3.05, 3.63) is 59.6 Å². The molecule has 5 N–H and O–H groups in total. The van der Waals surface area contributed by atoms with Crippen LogP contribution in [0.15, 0.2) is 54.0 Å². The zero-order valence-electron chi connectivity index (χ0n) is 25.5. The Bertz CT molecular complexity index is 1220. The summed E-state index contributed by atoms with van der Waals surface area (Å²) in [7, 11) is 0. The molecule has 1 aliphatic rings. The van der Waals surface area contributed by atoms with Gasteiger partial charge in [-0.1, -0.05) is 65.8 Å². The highest BCUT2D eigenvalue weighted by molar-refractivity contribution is 6.37. The SMILES string of the molecule is C=CCNC(=O)C(=O)CNC(=O)[C@@H]1[C@@H](C)C(=C)CN1C(O)[C@@H](NC(=O)N[C@H](Cn1ccccc1=O)C(C)C)C(C)(C)C. The average molecular weight is 587 g/mol. The summed E-state index contributed by atoms with van der Waals surface area (Å²) >= 11 is 0. The number of amides is 4. The number of carbonyl (C=O) groups excluding carboxylic acids is 4. The van der Waals surface area contributed by atoms with E-state index in [9.17, 15) is 29.1 Å². The van der Waals surface area contributed by atoms with Gasteiger partial charge in [-0.25, -0.2) is 4.79 Å². The first-order valence-corrected chi connectivity index (χ1v) is 14.1. The van der Waals surface area contributed by atoms with Crippen molar-refractivity contribution >= 4 is 23.6 Å². The number of hydrogen-bond donors (Lipinski definition) is 5. The van der Waals surface area contributed by atoms with Gasteiger partial charge in [-0.3, -0.25) is 24.1 Å². The minimum Gasteiger partial charge on any atom is -0.376 e. The van der Waals surface area contributed by atoms with E-state index in [2.05, 4.69) is 34.4 Å². The molecule has 1 aromatic rings. The van der Waals surface area contributed by atoms with Gasteiger partial charge in [0.2, 0.25) is 11.7 Å². The maximum absolute atomic E-state index is 13.3. The molecule has 1 unspecified atom stereocenters. The van der Waals surface area contributed by atoms with Gasteiger partial charge in [-0.2, -0.15) is 0 Å². The van der Waals surface area contributed by atoms with Gasteiger partial charge >= 0.3 is 6.03 Å². The molecular formula is C30H46N6O6. The number of rotatable bonds is 13. The molecular weight excluding hydrogens is 540 g/mol. The highest BCUT2D eigenvalue weighted by atomic mass is 16.3. The minimum atomic E-state index is -1.30. The van der Waals surface area contributed by atoms with Crippen molar-refractivity contribution in [2.24, 2.45) is 17.3 Å². The number of urea groups is 1. The highest BCUT2D eigenvalue weighted by Gasteiger charge is 2.46. The van der Waals surface area contributed by atoms with Crippen molar-refractivity contribution in [1.29, 1.82) is 0 Å². The third-order valence-corrected chi connectivity index (χ3v) is 7.48. The van der Waals surface area contributed by atoms with E-state index in [0.29, 0.717) is 5.57 Å². The van der Waals surface area contributed by atoms with Crippen LogP contribution in [0.2, 0.25) is 0 Å². The molecule has 232 valence electrons. The van der Waals surface area contributed by atoms with Crippen LogP contribution in [0, 0.1) is 17.3 Å². The minimum absolute atomic E-state index is 0.00161. The van der Waals surface area contributed by atoms with Crippen LogP contribution in [0.3, 0.4) is 0 Å². The fraction of sp³-hybridized carbons (Fsp3) is 0.567. The van der Waals surface area contributed by atoms with Crippen LogP contribution >= 0.6 is 0 Å². The standard InChI is InChI=1S/C30H46N6O6/c1-9-13-31-26(39)22(37)15-32-27(40)24-20(5)19(4)16-36(24)28(41)25(30(6,7)8)34-29(42)33-21(18(2)3)17-35-14-11-10-12-23(35)38/h9-12,14,18,20-21,24-25,28,41H,1,4,13,15-17H2,2-3,5-8H3,(H,31,39)(H,32,40)(H2,33,34,42)/t20-,21+,24-,25+,28?/m0/s1. The molecule has 0 spiro atoms. The third-order valence-electron chi connectivity index (χ3n) is 7.48. The van der Waals surface area contributed by atoms with E-state index in [1.807, 2.05) is 34.6 Å². The maximum Gasteiger partial charge on any atom is 0.315 e. The van der Waals surface area contributed by atoms with Gasteiger partial charge in [0.25, 0.3) is 11.5 Å². The summed E-state index contributed by atoms with van der Waals surface area (Å²) in [6, 6.07) is 2.22. The summed E-state index contributed by atoms with van der Waals surface area (Å²) < 4.78 is 1.52. The predicted octanol–water partition coefficient (Wildman–Crippen LogP) is 0.769. The number of aromatic nitrogens is 1. The Morgan fingerprint density at radius 3 is 2.38 bits per heavy atom. The van der Waals surface area contributed by atoms with Gasteiger partial charge in [-0.05, 0) is 17.4 Å². The van der Waals surface area contributed by atoms with E-state index in [1.54, 1.807) is 30.2 Å². The summed E-state index contributed by atoms with van der Waals surface area (Å²) in [5, 5.41) is 22.3. The third kappa shape index (κ3) is 9.12. The molecule has 2 heterocycles. The normalized spacial score (nSPS) is 19.5. The molecule has 2 rings (SSSR count). The molecule has 42 heavy (non-hydrogen) atoms. The molecule has 0 saturated carbocycles. The highest BCUT2D eigenvalue weighted by Crippen LogP contribution is 2.33. The van der Waals surface area contributed by atoms with Gasteiger partial charge in [0.15, 0.2) is 0 Å². The second kappa shape index (κ2) is 14.9. The summed E-state index contributed by atoms with van der Waals surface area (Å²) in [4.78, 5) is 64.3. The van der Waals surface area contributed by atoms with Crippen LogP contribution in [-0.4, -0.2) is 82.2 Å². The van der Waals surface area contributed by atoms with E-state index in [-0.39, 0.29) is 43.1 Å². The van der Waals surface area contributed by atoms with Crippen LogP contribution in [-0.2, 0) is 20.9 Å². The summed E-state index contributed by atoms with van der Waals surface area (Å²) in [5.74, 6) is -2.57. The number of aliphatic hydroxyl groups is 1. The Morgan fingerprint density at radius 1 is 1.14 bits per heavy atom. The fourth-order valence-corrected chi connectivity index (χ4v) is 4.77. The molecule has 5 atom stereocenters. The Morgan fingerprint density at radius 2 is 1.81 bits per heavy atom. The van der Waals surface area contributed by atoms with E-state index < -0.39 is 53.9 Å². The lowest BCUT2D eigenvalue weighted by Gasteiger charge is -2.41. The largest absolute Gasteiger partial charge is 0.376 e. The number of ketones is 1. The van der Waals surface area contributed by atoms with Crippen LogP contribution in [0.5, 0.6) is 0 Å². The van der Waals surface area contributed by atoms with E-state index in [4.69, 9.17) is 0 Å². The van der Waals surface area contributed by atoms with Crippen molar-refractivity contribution < 1.29 is 24.3 Å². The molecule has 1 aliphatic heterocycles. The molecule has 0 aromatic carbocycles. The Hall–Kier alpha value is -3.77. The van der Waals surface area contributed by atoms with Crippen LogP contribution in [0.4, 0.5) is 4.79 Å². The molecule has 0 radical (unpaired) electrons. The number of nitrogens with one attached hydrogen (secondary N) is 4. The first kappa shape index (κ1) is 34.4.